The number of aromatic nitrogens is 2. The summed E-state index contributed by atoms with van der Waals surface area (Å²) in [5.41, 5.74) is 0.334. The summed E-state index contributed by atoms with van der Waals surface area (Å²) in [4.78, 5) is 30.0. The van der Waals surface area contributed by atoms with E-state index < -0.39 is 11.4 Å². The zero-order valence-corrected chi connectivity index (χ0v) is 15.5. The summed E-state index contributed by atoms with van der Waals surface area (Å²) in [6.07, 6.45) is 3.37. The highest BCUT2D eigenvalue weighted by Crippen LogP contribution is 2.33. The molecule has 0 spiro atoms. The number of amides is 1. The van der Waals surface area contributed by atoms with E-state index in [4.69, 9.17) is 11.6 Å². The molecule has 2 aromatic heterocycles. The highest BCUT2D eigenvalue weighted by atomic mass is 35.5. The Balaban J connectivity index is 2.04. The molecule has 0 aromatic carbocycles. The summed E-state index contributed by atoms with van der Waals surface area (Å²) < 4.78 is 14.3. The highest BCUT2D eigenvalue weighted by molar-refractivity contribution is 6.30. The molecular weight excluding hydrogens is 385 g/mol. The predicted octanol–water partition coefficient (Wildman–Crippen LogP) is 3.94. The van der Waals surface area contributed by atoms with Crippen LogP contribution in [0.2, 0.25) is 0 Å². The Labute approximate surface area is 164 Å². The van der Waals surface area contributed by atoms with Crippen LogP contribution >= 0.6 is 11.6 Å². The first-order valence-corrected chi connectivity index (χ1v) is 8.68. The van der Waals surface area contributed by atoms with Gasteiger partial charge >= 0.3 is 0 Å². The van der Waals surface area contributed by atoms with Crippen molar-refractivity contribution < 1.29 is 9.18 Å². The third kappa shape index (κ3) is 4.27. The van der Waals surface area contributed by atoms with Crippen molar-refractivity contribution in [1.82, 2.24) is 9.97 Å². The third-order valence-electron chi connectivity index (χ3n) is 3.96. The molecule has 1 amide bonds. The molecule has 142 valence electrons. The van der Waals surface area contributed by atoms with Crippen molar-refractivity contribution in [3.63, 3.8) is 0 Å². The van der Waals surface area contributed by atoms with Crippen LogP contribution in [0, 0.1) is 11.3 Å². The zero-order chi connectivity index (χ0) is 20.3. The van der Waals surface area contributed by atoms with Gasteiger partial charge in [0.05, 0.1) is 11.3 Å². The Bertz CT molecular complexity index is 1110. The standard InChI is InChI=1S/C19H15ClFN5O2/c1-10(27)24-18-7-12(4-5-23-18)25-16-8-14(19(28)26-17(16)9-22)13-6-11(20)2-3-15(13)21/h4-8H,2-3H2,1H3,(H,26,28)(H2,23,24,25,27). The van der Waals surface area contributed by atoms with Gasteiger partial charge in [0.25, 0.3) is 5.56 Å². The van der Waals surface area contributed by atoms with Gasteiger partial charge in [-0.1, -0.05) is 11.6 Å². The zero-order valence-electron chi connectivity index (χ0n) is 14.8. The number of nitriles is 1. The second-order valence-corrected chi connectivity index (χ2v) is 6.54. The number of hydrogen-bond acceptors (Lipinski definition) is 5. The number of halogens is 2. The van der Waals surface area contributed by atoms with Gasteiger partial charge in [-0.2, -0.15) is 5.26 Å². The van der Waals surface area contributed by atoms with Crippen molar-refractivity contribution in [1.29, 1.82) is 5.26 Å². The maximum absolute atomic E-state index is 14.3. The van der Waals surface area contributed by atoms with Gasteiger partial charge in [0.2, 0.25) is 5.91 Å². The molecule has 1 aliphatic rings. The molecule has 9 heteroatoms. The first-order valence-electron chi connectivity index (χ1n) is 8.30. The van der Waals surface area contributed by atoms with Crippen LogP contribution in [-0.4, -0.2) is 15.9 Å². The summed E-state index contributed by atoms with van der Waals surface area (Å²) in [5, 5.41) is 15.3. The van der Waals surface area contributed by atoms with E-state index in [1.807, 2.05) is 6.07 Å². The fourth-order valence-corrected chi connectivity index (χ4v) is 2.93. The number of H-pyrrole nitrogens is 1. The molecule has 28 heavy (non-hydrogen) atoms. The highest BCUT2D eigenvalue weighted by Gasteiger charge is 2.19. The number of allylic oxidation sites excluding steroid dienone is 4. The SMILES string of the molecule is CC(=O)Nc1cc(Nc2cc(C3=C(F)CCC(Cl)=C3)c(=O)[nH]c2C#N)ccn1. The van der Waals surface area contributed by atoms with Crippen LogP contribution in [-0.2, 0) is 4.79 Å². The molecule has 0 bridgehead atoms. The van der Waals surface area contributed by atoms with E-state index in [1.54, 1.807) is 12.1 Å². The topological polar surface area (TPSA) is 111 Å². The van der Waals surface area contributed by atoms with Crippen molar-refractivity contribution in [3.8, 4) is 6.07 Å². The van der Waals surface area contributed by atoms with Gasteiger partial charge in [-0.3, -0.25) is 9.59 Å². The Morgan fingerprint density at radius 3 is 2.89 bits per heavy atom. The Hall–Kier alpha value is -3.44. The van der Waals surface area contributed by atoms with Crippen molar-refractivity contribution in [2.24, 2.45) is 0 Å². The molecule has 0 saturated carbocycles. The minimum Gasteiger partial charge on any atom is -0.353 e. The molecule has 0 saturated heterocycles. The van der Waals surface area contributed by atoms with Crippen molar-refractivity contribution in [2.75, 3.05) is 10.6 Å². The fourth-order valence-electron chi connectivity index (χ4n) is 2.72. The Morgan fingerprint density at radius 1 is 1.39 bits per heavy atom. The van der Waals surface area contributed by atoms with Crippen LogP contribution in [0.15, 0.2) is 46.1 Å². The first kappa shape index (κ1) is 19.3. The van der Waals surface area contributed by atoms with E-state index in [9.17, 15) is 19.2 Å². The molecule has 0 aliphatic heterocycles. The maximum atomic E-state index is 14.3. The molecule has 7 nitrogen and oxygen atoms in total. The van der Waals surface area contributed by atoms with E-state index in [-0.39, 0.29) is 34.8 Å². The number of carbonyl (C=O) groups is 1. The van der Waals surface area contributed by atoms with Gasteiger partial charge < -0.3 is 15.6 Å². The lowest BCUT2D eigenvalue weighted by atomic mass is 9.98. The number of anilines is 3. The summed E-state index contributed by atoms with van der Waals surface area (Å²) in [6.45, 7) is 1.36. The van der Waals surface area contributed by atoms with Crippen molar-refractivity contribution in [2.45, 2.75) is 19.8 Å². The molecule has 0 radical (unpaired) electrons. The van der Waals surface area contributed by atoms with Crippen molar-refractivity contribution >= 4 is 40.3 Å². The van der Waals surface area contributed by atoms with Crippen LogP contribution < -0.4 is 16.2 Å². The summed E-state index contributed by atoms with van der Waals surface area (Å²) in [7, 11) is 0. The van der Waals surface area contributed by atoms with Gasteiger partial charge in [0, 0.05) is 41.9 Å². The lowest BCUT2D eigenvalue weighted by molar-refractivity contribution is -0.114. The molecule has 0 unspecified atom stereocenters. The first-order chi connectivity index (χ1) is 13.4. The van der Waals surface area contributed by atoms with Crippen LogP contribution in [0.25, 0.3) is 5.57 Å². The lowest BCUT2D eigenvalue weighted by Gasteiger charge is -2.14. The van der Waals surface area contributed by atoms with Gasteiger partial charge in [-0.25, -0.2) is 9.37 Å². The van der Waals surface area contributed by atoms with Gasteiger partial charge in [-0.05, 0) is 24.6 Å². The third-order valence-corrected chi connectivity index (χ3v) is 4.26. The smallest absolute Gasteiger partial charge is 0.257 e. The summed E-state index contributed by atoms with van der Waals surface area (Å²) in [5.74, 6) is -0.407. The number of rotatable bonds is 4. The Kier molecular flexibility index (Phi) is 5.57. The normalized spacial score (nSPS) is 13.6. The molecule has 1 aliphatic carbocycles. The summed E-state index contributed by atoms with van der Waals surface area (Å²) in [6, 6.07) is 6.48. The van der Waals surface area contributed by atoms with Crippen LogP contribution in [0.1, 0.15) is 31.0 Å². The number of aromatic amines is 1. The largest absolute Gasteiger partial charge is 0.353 e. The fraction of sp³-hybridized carbons (Fsp3) is 0.158. The van der Waals surface area contributed by atoms with Crippen molar-refractivity contribution in [3.05, 3.63) is 62.9 Å². The monoisotopic (exact) mass is 399 g/mol. The second kappa shape index (κ2) is 8.06. The maximum Gasteiger partial charge on any atom is 0.257 e. The van der Waals surface area contributed by atoms with Gasteiger partial charge in [-0.15, -0.1) is 0 Å². The predicted molar refractivity (Wildman–Crippen MR) is 105 cm³/mol. The molecule has 3 N–H and O–H groups in total. The average molecular weight is 400 g/mol. The van der Waals surface area contributed by atoms with E-state index >= 15 is 0 Å². The average Bonchev–Trinajstić information content (AvgIpc) is 2.64. The number of nitrogens with zero attached hydrogens (tertiary/aromatic N) is 2. The van der Waals surface area contributed by atoms with Gasteiger partial charge in [0.15, 0.2) is 0 Å². The number of pyridine rings is 2. The quantitative estimate of drug-likeness (QED) is 0.721. The van der Waals surface area contributed by atoms with E-state index in [0.717, 1.165) is 0 Å². The van der Waals surface area contributed by atoms with Crippen LogP contribution in [0.5, 0.6) is 0 Å². The van der Waals surface area contributed by atoms with Gasteiger partial charge in [0.1, 0.15) is 23.4 Å². The molecule has 0 atom stereocenters. The molecule has 3 rings (SSSR count). The van der Waals surface area contributed by atoms with E-state index in [2.05, 4.69) is 20.6 Å². The molecule has 2 heterocycles. The number of nitrogens with one attached hydrogen (secondary N) is 3. The Morgan fingerprint density at radius 2 is 2.18 bits per heavy atom. The second-order valence-electron chi connectivity index (χ2n) is 6.06. The van der Waals surface area contributed by atoms with E-state index in [0.29, 0.717) is 23.0 Å². The molecule has 0 fully saturated rings. The number of hydrogen-bond donors (Lipinski definition) is 3. The minimum atomic E-state index is -0.594. The molecular formula is C19H15ClFN5O2. The number of carbonyl (C=O) groups excluding carboxylic acids is 1. The molecule has 2 aromatic rings. The summed E-state index contributed by atoms with van der Waals surface area (Å²) >= 11 is 6.00. The minimum absolute atomic E-state index is 0.0152. The van der Waals surface area contributed by atoms with Crippen LogP contribution in [0.3, 0.4) is 0 Å². The van der Waals surface area contributed by atoms with E-state index in [1.165, 1.54) is 25.3 Å². The van der Waals surface area contributed by atoms with Crippen LogP contribution in [0.4, 0.5) is 21.6 Å². The lowest BCUT2D eigenvalue weighted by Crippen LogP contribution is -2.16.